The van der Waals surface area contributed by atoms with Crippen LogP contribution in [-0.2, 0) is 6.42 Å². The molecule has 128 valence electrons. The molecule has 24 heavy (non-hydrogen) atoms. The lowest BCUT2D eigenvalue weighted by Crippen LogP contribution is -2.30. The third kappa shape index (κ3) is 5.26. The lowest BCUT2D eigenvalue weighted by atomic mass is 10.1. The van der Waals surface area contributed by atoms with Crippen molar-refractivity contribution in [1.82, 2.24) is 9.88 Å². The van der Waals surface area contributed by atoms with E-state index in [0.29, 0.717) is 13.0 Å². The average Bonchev–Trinajstić information content (AvgIpc) is 2.57. The highest BCUT2D eigenvalue weighted by molar-refractivity contribution is 5.96. The molecule has 1 aromatic carbocycles. The fraction of sp³-hybridized carbons (Fsp3) is 0.294. The lowest BCUT2D eigenvalue weighted by molar-refractivity contribution is -0.154. The molecule has 0 radical (unpaired) electrons. The van der Waals surface area contributed by atoms with Gasteiger partial charge in [0.25, 0.3) is 5.91 Å². The molecule has 0 saturated heterocycles. The van der Waals surface area contributed by atoms with Crippen molar-refractivity contribution in [1.29, 1.82) is 0 Å². The number of likely N-dealkylation sites (N-methyl/N-ethyl adjacent to an activating group) is 1. The number of aromatic nitrogens is 1. The Balaban J connectivity index is 2.03. The Hall–Kier alpha value is -2.57. The molecule has 0 atom stereocenters. The van der Waals surface area contributed by atoms with Crippen LogP contribution in [0.15, 0.2) is 48.7 Å². The maximum absolute atomic E-state index is 12.4. The van der Waals surface area contributed by atoms with Crippen LogP contribution >= 0.6 is 0 Å². The van der Waals surface area contributed by atoms with Gasteiger partial charge in [0.15, 0.2) is 6.61 Å². The number of hydrogen-bond acceptors (Lipinski definition) is 3. The SMILES string of the molecule is CN(CCc1ccccc1)C(=O)c1cccnc1OCC(F)(F)F. The van der Waals surface area contributed by atoms with Gasteiger partial charge >= 0.3 is 6.18 Å². The van der Waals surface area contributed by atoms with Crippen LogP contribution in [0.5, 0.6) is 5.88 Å². The fourth-order valence-corrected chi connectivity index (χ4v) is 2.07. The van der Waals surface area contributed by atoms with Gasteiger partial charge in [-0.2, -0.15) is 13.2 Å². The van der Waals surface area contributed by atoms with E-state index in [1.54, 1.807) is 7.05 Å². The number of halogens is 3. The number of carbonyl (C=O) groups excluding carboxylic acids is 1. The van der Waals surface area contributed by atoms with Crippen molar-refractivity contribution in [3.8, 4) is 5.88 Å². The number of pyridine rings is 1. The van der Waals surface area contributed by atoms with Crippen LogP contribution < -0.4 is 4.74 Å². The Labute approximate surface area is 137 Å². The number of hydrogen-bond donors (Lipinski definition) is 0. The van der Waals surface area contributed by atoms with E-state index < -0.39 is 18.7 Å². The molecule has 0 aliphatic rings. The molecular formula is C17H17F3N2O2. The van der Waals surface area contributed by atoms with Crippen LogP contribution in [0, 0.1) is 0 Å². The van der Waals surface area contributed by atoms with Crippen molar-refractivity contribution in [3.05, 3.63) is 59.8 Å². The quantitative estimate of drug-likeness (QED) is 0.811. The average molecular weight is 338 g/mol. The van der Waals surface area contributed by atoms with Gasteiger partial charge in [0, 0.05) is 19.8 Å². The van der Waals surface area contributed by atoms with Gasteiger partial charge in [0.05, 0.1) is 0 Å². The molecule has 0 unspecified atom stereocenters. The second-order valence-corrected chi connectivity index (χ2v) is 5.22. The van der Waals surface area contributed by atoms with Gasteiger partial charge in [-0.25, -0.2) is 4.98 Å². The summed E-state index contributed by atoms with van der Waals surface area (Å²) in [7, 11) is 1.59. The topological polar surface area (TPSA) is 42.4 Å². The summed E-state index contributed by atoms with van der Waals surface area (Å²) in [4.78, 5) is 17.6. The van der Waals surface area contributed by atoms with E-state index >= 15 is 0 Å². The summed E-state index contributed by atoms with van der Waals surface area (Å²) in [5, 5.41) is 0. The Morgan fingerprint density at radius 2 is 1.88 bits per heavy atom. The number of rotatable bonds is 6. The van der Waals surface area contributed by atoms with Crippen molar-refractivity contribution in [2.24, 2.45) is 0 Å². The third-order valence-corrected chi connectivity index (χ3v) is 3.30. The minimum atomic E-state index is -4.49. The third-order valence-electron chi connectivity index (χ3n) is 3.30. The first-order valence-electron chi connectivity index (χ1n) is 7.31. The van der Waals surface area contributed by atoms with Crippen LogP contribution in [0.25, 0.3) is 0 Å². The number of ether oxygens (including phenoxy) is 1. The molecule has 0 aliphatic carbocycles. The van der Waals surface area contributed by atoms with Crippen molar-refractivity contribution < 1.29 is 22.7 Å². The Kier molecular flexibility index (Phi) is 5.78. The predicted molar refractivity (Wildman–Crippen MR) is 82.9 cm³/mol. The van der Waals surface area contributed by atoms with E-state index in [2.05, 4.69) is 9.72 Å². The van der Waals surface area contributed by atoms with Gasteiger partial charge in [-0.3, -0.25) is 4.79 Å². The maximum Gasteiger partial charge on any atom is 0.422 e. The zero-order valence-electron chi connectivity index (χ0n) is 13.1. The molecule has 0 fully saturated rings. The van der Waals surface area contributed by atoms with Crippen LogP contribution in [0.3, 0.4) is 0 Å². The van der Waals surface area contributed by atoms with Crippen LogP contribution in [0.4, 0.5) is 13.2 Å². The molecule has 0 N–H and O–H groups in total. The van der Waals surface area contributed by atoms with Gasteiger partial charge in [0.1, 0.15) is 5.56 Å². The van der Waals surface area contributed by atoms with E-state index in [9.17, 15) is 18.0 Å². The second-order valence-electron chi connectivity index (χ2n) is 5.22. The number of benzene rings is 1. The standard InChI is InChI=1S/C17H17F3N2O2/c1-22(11-9-13-6-3-2-4-7-13)16(23)14-8-5-10-21-15(14)24-12-17(18,19)20/h2-8,10H,9,11-12H2,1H3. The molecular weight excluding hydrogens is 321 g/mol. The Morgan fingerprint density at radius 3 is 2.54 bits per heavy atom. The van der Waals surface area contributed by atoms with Gasteiger partial charge < -0.3 is 9.64 Å². The fourth-order valence-electron chi connectivity index (χ4n) is 2.07. The Morgan fingerprint density at radius 1 is 1.17 bits per heavy atom. The van der Waals surface area contributed by atoms with Crippen molar-refractivity contribution in [2.45, 2.75) is 12.6 Å². The molecule has 2 aromatic rings. The Bertz CT molecular complexity index is 675. The monoisotopic (exact) mass is 338 g/mol. The maximum atomic E-state index is 12.4. The van der Waals surface area contributed by atoms with E-state index in [-0.39, 0.29) is 11.4 Å². The zero-order valence-corrected chi connectivity index (χ0v) is 13.1. The van der Waals surface area contributed by atoms with Crippen LogP contribution in [0.1, 0.15) is 15.9 Å². The molecule has 1 heterocycles. The minimum absolute atomic E-state index is 0.0114. The largest absolute Gasteiger partial charge is 0.467 e. The number of amides is 1. The van der Waals surface area contributed by atoms with Crippen molar-refractivity contribution in [2.75, 3.05) is 20.2 Å². The molecule has 1 aromatic heterocycles. The molecule has 4 nitrogen and oxygen atoms in total. The second kappa shape index (κ2) is 7.81. The van der Waals surface area contributed by atoms with Gasteiger partial charge in [-0.05, 0) is 24.1 Å². The lowest BCUT2D eigenvalue weighted by Gasteiger charge is -2.19. The summed E-state index contributed by atoms with van der Waals surface area (Å²) in [5.74, 6) is -0.748. The van der Waals surface area contributed by atoms with Crippen molar-refractivity contribution >= 4 is 5.91 Å². The summed E-state index contributed by atoms with van der Waals surface area (Å²) < 4.78 is 41.5. The summed E-state index contributed by atoms with van der Waals surface area (Å²) in [6, 6.07) is 12.5. The first kappa shape index (κ1) is 17.8. The zero-order chi connectivity index (χ0) is 17.6. The minimum Gasteiger partial charge on any atom is -0.467 e. The van der Waals surface area contributed by atoms with Crippen molar-refractivity contribution in [3.63, 3.8) is 0 Å². The normalized spacial score (nSPS) is 11.2. The number of alkyl halides is 3. The number of carbonyl (C=O) groups is 1. The first-order valence-corrected chi connectivity index (χ1v) is 7.31. The van der Waals surface area contributed by atoms with E-state index in [0.717, 1.165) is 5.56 Å². The van der Waals surface area contributed by atoms with Crippen LogP contribution in [-0.4, -0.2) is 42.2 Å². The van der Waals surface area contributed by atoms with Gasteiger partial charge in [0.2, 0.25) is 5.88 Å². The molecule has 7 heteroatoms. The highest BCUT2D eigenvalue weighted by Gasteiger charge is 2.30. The number of nitrogens with zero attached hydrogens (tertiary/aromatic N) is 2. The first-order chi connectivity index (χ1) is 11.4. The summed E-state index contributed by atoms with van der Waals surface area (Å²) in [6.45, 7) is -1.06. The molecule has 1 amide bonds. The smallest absolute Gasteiger partial charge is 0.422 e. The molecule has 0 spiro atoms. The molecule has 0 saturated carbocycles. The molecule has 0 bridgehead atoms. The highest BCUT2D eigenvalue weighted by Crippen LogP contribution is 2.21. The predicted octanol–water partition coefficient (Wildman–Crippen LogP) is 3.34. The molecule has 2 rings (SSSR count). The highest BCUT2D eigenvalue weighted by atomic mass is 19.4. The van der Waals surface area contributed by atoms with Crippen LogP contribution in [0.2, 0.25) is 0 Å². The summed E-state index contributed by atoms with van der Waals surface area (Å²) in [6.07, 6.45) is -2.56. The van der Waals surface area contributed by atoms with E-state index in [4.69, 9.17) is 0 Å². The summed E-state index contributed by atoms with van der Waals surface area (Å²) >= 11 is 0. The molecule has 0 aliphatic heterocycles. The van der Waals surface area contributed by atoms with Gasteiger partial charge in [-0.1, -0.05) is 30.3 Å². The van der Waals surface area contributed by atoms with Gasteiger partial charge in [-0.15, -0.1) is 0 Å². The van der Waals surface area contributed by atoms with E-state index in [1.165, 1.54) is 23.2 Å². The summed E-state index contributed by atoms with van der Waals surface area (Å²) in [5.41, 5.74) is 1.08. The van der Waals surface area contributed by atoms with E-state index in [1.807, 2.05) is 30.3 Å².